The van der Waals surface area contributed by atoms with Crippen molar-refractivity contribution in [2.24, 2.45) is 5.92 Å². The second kappa shape index (κ2) is 3.64. The topological polar surface area (TPSA) is 41.6 Å². The third kappa shape index (κ3) is 1.69. The number of likely N-dealkylation sites (N-methyl/N-ethyl adjacent to an activating group) is 1. The molecule has 0 bridgehead atoms. The molecule has 0 radical (unpaired) electrons. The molecule has 1 amide bonds. The number of amides is 1. The van der Waals surface area contributed by atoms with Crippen molar-refractivity contribution in [3.05, 3.63) is 0 Å². The molecule has 0 saturated carbocycles. The Morgan fingerprint density at radius 2 is 2.46 bits per heavy atom. The summed E-state index contributed by atoms with van der Waals surface area (Å²) in [5, 5.41) is 3.31. The van der Waals surface area contributed by atoms with E-state index in [2.05, 4.69) is 5.32 Å². The lowest BCUT2D eigenvalue weighted by Gasteiger charge is -2.35. The zero-order valence-electron chi connectivity index (χ0n) is 7.95. The van der Waals surface area contributed by atoms with Gasteiger partial charge in [0.25, 0.3) is 0 Å². The summed E-state index contributed by atoms with van der Waals surface area (Å²) in [5.74, 6) is 0.633. The van der Waals surface area contributed by atoms with Crippen LogP contribution in [0.5, 0.6) is 0 Å². The van der Waals surface area contributed by atoms with Crippen LogP contribution in [-0.4, -0.2) is 50.2 Å². The van der Waals surface area contributed by atoms with Crippen molar-refractivity contribution in [1.82, 2.24) is 10.2 Å². The van der Waals surface area contributed by atoms with E-state index in [1.807, 2.05) is 11.9 Å². The van der Waals surface area contributed by atoms with Crippen molar-refractivity contribution in [3.8, 4) is 0 Å². The van der Waals surface area contributed by atoms with Gasteiger partial charge in [0.05, 0.1) is 6.61 Å². The summed E-state index contributed by atoms with van der Waals surface area (Å²) in [7, 11) is 1.88. The van der Waals surface area contributed by atoms with Gasteiger partial charge >= 0.3 is 0 Å². The molecule has 13 heavy (non-hydrogen) atoms. The first kappa shape index (κ1) is 8.97. The largest absolute Gasteiger partial charge is 0.371 e. The predicted octanol–water partition coefficient (Wildman–Crippen LogP) is -0.547. The summed E-state index contributed by atoms with van der Waals surface area (Å²) in [4.78, 5) is 13.3. The first-order valence-corrected chi connectivity index (χ1v) is 4.83. The molecular formula is C9H16N2O2. The minimum atomic E-state index is 0.108. The number of ether oxygens (including phenoxy) is 1. The van der Waals surface area contributed by atoms with Crippen molar-refractivity contribution < 1.29 is 9.53 Å². The van der Waals surface area contributed by atoms with Crippen LogP contribution in [0.2, 0.25) is 0 Å². The number of piperidine rings is 1. The van der Waals surface area contributed by atoms with Crippen molar-refractivity contribution in [1.29, 1.82) is 0 Å². The lowest BCUT2D eigenvalue weighted by Crippen LogP contribution is -2.51. The van der Waals surface area contributed by atoms with Crippen LogP contribution in [0.1, 0.15) is 6.42 Å². The van der Waals surface area contributed by atoms with Gasteiger partial charge in [-0.3, -0.25) is 4.79 Å². The first-order valence-electron chi connectivity index (χ1n) is 4.83. The summed E-state index contributed by atoms with van der Waals surface area (Å²) in [6.07, 6.45) is 1.11. The minimum absolute atomic E-state index is 0.108. The smallest absolute Gasteiger partial charge is 0.248 e. The summed E-state index contributed by atoms with van der Waals surface area (Å²) in [6, 6.07) is 0.337. The molecule has 1 N–H and O–H groups in total. The van der Waals surface area contributed by atoms with Gasteiger partial charge in [-0.1, -0.05) is 0 Å². The van der Waals surface area contributed by atoms with Gasteiger partial charge in [0.15, 0.2) is 0 Å². The molecule has 2 atom stereocenters. The number of hydrogen-bond donors (Lipinski definition) is 1. The van der Waals surface area contributed by atoms with Crippen LogP contribution in [0, 0.1) is 5.92 Å². The fourth-order valence-corrected chi connectivity index (χ4v) is 2.13. The van der Waals surface area contributed by atoms with E-state index in [9.17, 15) is 4.79 Å². The van der Waals surface area contributed by atoms with Gasteiger partial charge in [-0.05, 0) is 13.0 Å². The van der Waals surface area contributed by atoms with Crippen LogP contribution in [-0.2, 0) is 9.53 Å². The fourth-order valence-electron chi connectivity index (χ4n) is 2.13. The Kier molecular flexibility index (Phi) is 2.51. The molecule has 2 saturated heterocycles. The number of hydrogen-bond acceptors (Lipinski definition) is 3. The Balaban J connectivity index is 2.11. The van der Waals surface area contributed by atoms with E-state index in [0.29, 0.717) is 12.0 Å². The van der Waals surface area contributed by atoms with E-state index in [4.69, 9.17) is 4.74 Å². The lowest BCUT2D eigenvalue weighted by molar-refractivity contribution is -0.134. The molecule has 0 spiro atoms. The molecule has 74 valence electrons. The zero-order valence-corrected chi connectivity index (χ0v) is 7.95. The first-order chi connectivity index (χ1) is 6.29. The van der Waals surface area contributed by atoms with Crippen LogP contribution < -0.4 is 5.32 Å². The van der Waals surface area contributed by atoms with E-state index in [-0.39, 0.29) is 12.5 Å². The second-order valence-corrected chi connectivity index (χ2v) is 3.84. The number of nitrogens with zero attached hydrogens (tertiary/aromatic N) is 1. The molecule has 2 rings (SSSR count). The Hall–Kier alpha value is -0.610. The van der Waals surface area contributed by atoms with E-state index < -0.39 is 0 Å². The highest BCUT2D eigenvalue weighted by Crippen LogP contribution is 2.20. The van der Waals surface area contributed by atoms with Crippen molar-refractivity contribution >= 4 is 5.91 Å². The van der Waals surface area contributed by atoms with Gasteiger partial charge in [-0.15, -0.1) is 0 Å². The van der Waals surface area contributed by atoms with Crippen molar-refractivity contribution in [2.75, 3.05) is 33.4 Å². The molecule has 4 heteroatoms. The standard InChI is InChI=1S/C9H16N2O2/c1-11-8-4-10-3-2-7(8)5-13-6-9(11)12/h7-8,10H,2-6H2,1H3/t7-,8-/m0/s1. The summed E-state index contributed by atoms with van der Waals surface area (Å²) in [6.45, 7) is 2.95. The van der Waals surface area contributed by atoms with Gasteiger partial charge in [0, 0.05) is 25.6 Å². The molecule has 0 aromatic rings. The quantitative estimate of drug-likeness (QED) is 0.549. The Bertz CT molecular complexity index is 208. The summed E-state index contributed by atoms with van der Waals surface area (Å²) >= 11 is 0. The number of fused-ring (bicyclic) bond motifs is 1. The number of rotatable bonds is 0. The molecule has 0 aromatic carbocycles. The molecule has 2 aliphatic heterocycles. The van der Waals surface area contributed by atoms with Crippen LogP contribution in [0.25, 0.3) is 0 Å². The Morgan fingerprint density at radius 3 is 3.31 bits per heavy atom. The highest BCUT2D eigenvalue weighted by molar-refractivity contribution is 5.77. The van der Waals surface area contributed by atoms with Gasteiger partial charge in [0.2, 0.25) is 5.91 Å². The highest BCUT2D eigenvalue weighted by atomic mass is 16.5. The SMILES string of the molecule is CN1C(=O)COC[C@@H]2CCNC[C@@H]21. The van der Waals surface area contributed by atoms with Crippen LogP contribution >= 0.6 is 0 Å². The maximum Gasteiger partial charge on any atom is 0.248 e. The Labute approximate surface area is 78.2 Å². The average Bonchev–Trinajstić information content (AvgIpc) is 2.29. The predicted molar refractivity (Wildman–Crippen MR) is 48.4 cm³/mol. The molecule has 2 fully saturated rings. The molecule has 2 aliphatic rings. The van der Waals surface area contributed by atoms with Gasteiger partial charge in [0.1, 0.15) is 6.61 Å². The zero-order chi connectivity index (χ0) is 9.26. The maximum absolute atomic E-state index is 11.4. The molecule has 2 heterocycles. The third-order valence-electron chi connectivity index (χ3n) is 3.04. The summed E-state index contributed by atoms with van der Waals surface area (Å²) in [5.41, 5.74) is 0. The second-order valence-electron chi connectivity index (χ2n) is 3.84. The normalized spacial score (nSPS) is 35.5. The van der Waals surface area contributed by atoms with E-state index in [0.717, 1.165) is 26.1 Å². The average molecular weight is 184 g/mol. The van der Waals surface area contributed by atoms with Gasteiger partial charge in [-0.25, -0.2) is 0 Å². The van der Waals surface area contributed by atoms with E-state index in [1.54, 1.807) is 0 Å². The van der Waals surface area contributed by atoms with Crippen LogP contribution in [0.15, 0.2) is 0 Å². The molecule has 0 aliphatic carbocycles. The molecular weight excluding hydrogens is 168 g/mol. The fraction of sp³-hybridized carbons (Fsp3) is 0.889. The minimum Gasteiger partial charge on any atom is -0.371 e. The van der Waals surface area contributed by atoms with Crippen LogP contribution in [0.3, 0.4) is 0 Å². The van der Waals surface area contributed by atoms with Crippen molar-refractivity contribution in [2.45, 2.75) is 12.5 Å². The van der Waals surface area contributed by atoms with Gasteiger partial charge in [-0.2, -0.15) is 0 Å². The lowest BCUT2D eigenvalue weighted by atomic mass is 9.93. The van der Waals surface area contributed by atoms with Crippen LogP contribution in [0.4, 0.5) is 0 Å². The number of carbonyl (C=O) groups excluding carboxylic acids is 1. The van der Waals surface area contributed by atoms with E-state index >= 15 is 0 Å². The molecule has 0 aromatic heterocycles. The van der Waals surface area contributed by atoms with Crippen molar-refractivity contribution in [3.63, 3.8) is 0 Å². The molecule has 4 nitrogen and oxygen atoms in total. The molecule has 0 unspecified atom stereocenters. The summed E-state index contributed by atoms with van der Waals surface area (Å²) < 4.78 is 5.33. The van der Waals surface area contributed by atoms with E-state index in [1.165, 1.54) is 0 Å². The number of nitrogens with one attached hydrogen (secondary N) is 1. The van der Waals surface area contributed by atoms with Gasteiger partial charge < -0.3 is 15.0 Å². The number of carbonyl (C=O) groups is 1. The maximum atomic E-state index is 11.4. The highest BCUT2D eigenvalue weighted by Gasteiger charge is 2.33. The Morgan fingerprint density at radius 1 is 1.62 bits per heavy atom. The monoisotopic (exact) mass is 184 g/mol. The third-order valence-corrected chi connectivity index (χ3v) is 3.04.